The lowest BCUT2D eigenvalue weighted by Gasteiger charge is -2.36. The van der Waals surface area contributed by atoms with Crippen molar-refractivity contribution in [3.63, 3.8) is 0 Å². The third-order valence-electron chi connectivity index (χ3n) is 5.90. The van der Waals surface area contributed by atoms with Crippen molar-refractivity contribution in [2.45, 2.75) is 59.4 Å². The fourth-order valence-electron chi connectivity index (χ4n) is 4.11. The normalized spacial score (nSPS) is 14.8. The number of fused-ring (bicyclic) bond motifs is 1. The van der Waals surface area contributed by atoms with E-state index in [2.05, 4.69) is 51.4 Å². The first-order valence-corrected chi connectivity index (χ1v) is 12.3. The molecule has 0 unspecified atom stereocenters. The number of halogens is 1. The van der Waals surface area contributed by atoms with Crippen molar-refractivity contribution in [2.75, 3.05) is 18.0 Å². The number of benzene rings is 1. The first-order chi connectivity index (χ1) is 16.5. The van der Waals surface area contributed by atoms with Crippen LogP contribution in [0.5, 0.6) is 0 Å². The van der Waals surface area contributed by atoms with E-state index in [4.69, 9.17) is 11.6 Å². The van der Waals surface area contributed by atoms with Crippen molar-refractivity contribution in [2.24, 2.45) is 0 Å². The minimum atomic E-state index is -0.0735. The van der Waals surface area contributed by atoms with E-state index in [9.17, 15) is 4.79 Å². The van der Waals surface area contributed by atoms with Gasteiger partial charge in [-0.2, -0.15) is 9.78 Å². The van der Waals surface area contributed by atoms with E-state index in [0.29, 0.717) is 44.1 Å². The molecule has 0 saturated carbocycles. The van der Waals surface area contributed by atoms with Crippen LogP contribution in [0.4, 0.5) is 10.6 Å². The number of carbonyl (C=O) groups excluding carboxylic acids is 1. The number of nitrogens with one attached hydrogen (secondary N) is 1. The number of tetrazole rings is 1. The lowest BCUT2D eigenvalue weighted by atomic mass is 10.1. The number of hydrogen-bond acceptors (Lipinski definition) is 5. The summed E-state index contributed by atoms with van der Waals surface area (Å²) in [6, 6.07) is 8.14. The van der Waals surface area contributed by atoms with Crippen molar-refractivity contribution < 1.29 is 4.79 Å². The monoisotopic (exact) mass is 482 g/mol. The Morgan fingerprint density at radius 2 is 1.88 bits per heavy atom. The number of aryl methyl sites for hydroxylation is 2. The molecule has 0 fully saturated rings. The maximum absolute atomic E-state index is 13.4. The molecule has 1 aliphatic heterocycles. The summed E-state index contributed by atoms with van der Waals surface area (Å²) in [5.74, 6) is 1.30. The molecular formula is C24H31ClN8O. The number of anilines is 1. The Morgan fingerprint density at radius 1 is 1.09 bits per heavy atom. The molecule has 10 heteroatoms. The molecule has 3 aromatic rings. The van der Waals surface area contributed by atoms with Gasteiger partial charge in [-0.1, -0.05) is 50.6 Å². The third kappa shape index (κ3) is 5.14. The van der Waals surface area contributed by atoms with Crippen molar-refractivity contribution in [1.82, 2.24) is 35.1 Å². The van der Waals surface area contributed by atoms with Crippen LogP contribution in [0.2, 0.25) is 5.28 Å². The Hall–Kier alpha value is -3.20. The second-order valence-corrected chi connectivity index (χ2v) is 8.78. The van der Waals surface area contributed by atoms with Crippen molar-refractivity contribution in [3.05, 3.63) is 58.3 Å². The summed E-state index contributed by atoms with van der Waals surface area (Å²) in [6.07, 6.45) is 6.04. The Balaban J connectivity index is 1.45. The lowest BCUT2D eigenvalue weighted by Crippen LogP contribution is -2.47. The predicted molar refractivity (Wildman–Crippen MR) is 133 cm³/mol. The molecule has 4 rings (SSSR count). The number of imidazole rings is 1. The van der Waals surface area contributed by atoms with Crippen LogP contribution in [0.25, 0.3) is 5.70 Å². The molecule has 9 nitrogen and oxygen atoms in total. The standard InChI is InChI=1S/C24H31ClN8O/c1-4-6-13-32-22-21(26-23(25)27-22)19(10-5-2)31(24(32)34)14-9-15-33-29-20(28-30-33)16-18-12-8-7-11-17(18)3/h7-8,10-12H,4-6,9,13-16H2,1-3H3,(H,26,27)/b19-10-. The molecule has 1 N–H and O–H groups in total. The molecule has 0 saturated heterocycles. The number of unbranched alkanes of at least 4 members (excludes halogenated alkanes) is 1. The Morgan fingerprint density at radius 3 is 2.65 bits per heavy atom. The van der Waals surface area contributed by atoms with Gasteiger partial charge < -0.3 is 4.98 Å². The van der Waals surface area contributed by atoms with E-state index < -0.39 is 0 Å². The zero-order valence-electron chi connectivity index (χ0n) is 20.0. The first kappa shape index (κ1) is 23.9. The van der Waals surface area contributed by atoms with Crippen LogP contribution >= 0.6 is 11.6 Å². The summed E-state index contributed by atoms with van der Waals surface area (Å²) in [7, 11) is 0. The summed E-state index contributed by atoms with van der Waals surface area (Å²) in [4.78, 5) is 26.1. The fraction of sp³-hybridized carbons (Fsp3) is 0.458. The molecule has 0 atom stereocenters. The molecule has 2 amide bonds. The average molecular weight is 483 g/mol. The van der Waals surface area contributed by atoms with E-state index in [-0.39, 0.29) is 11.3 Å². The zero-order valence-corrected chi connectivity index (χ0v) is 20.7. The minimum Gasteiger partial charge on any atom is -0.326 e. The summed E-state index contributed by atoms with van der Waals surface area (Å²) in [5, 5.41) is 13.2. The van der Waals surface area contributed by atoms with Crippen molar-refractivity contribution >= 4 is 29.1 Å². The highest BCUT2D eigenvalue weighted by molar-refractivity contribution is 6.28. The van der Waals surface area contributed by atoms with Gasteiger partial charge in [0.15, 0.2) is 11.6 Å². The van der Waals surface area contributed by atoms with Gasteiger partial charge in [0, 0.05) is 19.5 Å². The number of aromatic amines is 1. The van der Waals surface area contributed by atoms with Gasteiger partial charge in [0.1, 0.15) is 5.69 Å². The number of hydrogen-bond donors (Lipinski definition) is 1. The number of rotatable bonds is 10. The lowest BCUT2D eigenvalue weighted by molar-refractivity contribution is 0.221. The Kier molecular flexibility index (Phi) is 7.62. The third-order valence-corrected chi connectivity index (χ3v) is 6.08. The molecule has 0 radical (unpaired) electrons. The van der Waals surface area contributed by atoms with Gasteiger partial charge in [0.2, 0.25) is 5.28 Å². The van der Waals surface area contributed by atoms with Crippen LogP contribution in [0.1, 0.15) is 62.2 Å². The van der Waals surface area contributed by atoms with Crippen LogP contribution in [-0.4, -0.2) is 54.2 Å². The molecular weight excluding hydrogens is 452 g/mol. The summed E-state index contributed by atoms with van der Waals surface area (Å²) in [5.41, 5.74) is 4.02. The zero-order chi connectivity index (χ0) is 24.1. The van der Waals surface area contributed by atoms with E-state index in [1.165, 1.54) is 11.1 Å². The van der Waals surface area contributed by atoms with Gasteiger partial charge in [-0.05, 0) is 54.1 Å². The quantitative estimate of drug-likeness (QED) is 0.446. The van der Waals surface area contributed by atoms with Gasteiger partial charge in [0.05, 0.1) is 12.2 Å². The number of H-pyrrole nitrogens is 1. The van der Waals surface area contributed by atoms with E-state index in [0.717, 1.165) is 30.7 Å². The highest BCUT2D eigenvalue weighted by Gasteiger charge is 2.36. The molecule has 2 aromatic heterocycles. The van der Waals surface area contributed by atoms with Gasteiger partial charge in [-0.3, -0.25) is 9.80 Å². The molecule has 34 heavy (non-hydrogen) atoms. The van der Waals surface area contributed by atoms with Crippen LogP contribution in [0.3, 0.4) is 0 Å². The van der Waals surface area contributed by atoms with E-state index in [1.807, 2.05) is 25.1 Å². The van der Waals surface area contributed by atoms with Gasteiger partial charge in [0.25, 0.3) is 0 Å². The number of carbonyl (C=O) groups is 1. The van der Waals surface area contributed by atoms with Crippen LogP contribution < -0.4 is 4.90 Å². The second kappa shape index (κ2) is 10.8. The van der Waals surface area contributed by atoms with Crippen LogP contribution in [0, 0.1) is 6.92 Å². The number of urea groups is 1. The van der Waals surface area contributed by atoms with Gasteiger partial charge in [-0.25, -0.2) is 4.79 Å². The topological polar surface area (TPSA) is 95.8 Å². The Bertz CT molecular complexity index is 1170. The van der Waals surface area contributed by atoms with Crippen molar-refractivity contribution in [1.29, 1.82) is 0 Å². The molecule has 0 spiro atoms. The smallest absolute Gasteiger partial charge is 0.326 e. The van der Waals surface area contributed by atoms with Gasteiger partial charge in [-0.15, -0.1) is 10.2 Å². The molecule has 1 aromatic carbocycles. The highest BCUT2D eigenvalue weighted by Crippen LogP contribution is 2.36. The molecule has 0 bridgehead atoms. The first-order valence-electron chi connectivity index (χ1n) is 11.9. The number of amides is 2. The minimum absolute atomic E-state index is 0.0735. The van der Waals surface area contributed by atoms with E-state index >= 15 is 0 Å². The molecule has 180 valence electrons. The maximum atomic E-state index is 13.4. The average Bonchev–Trinajstić information content (AvgIpc) is 3.43. The van der Waals surface area contributed by atoms with E-state index in [1.54, 1.807) is 14.6 Å². The van der Waals surface area contributed by atoms with Crippen LogP contribution in [-0.2, 0) is 13.0 Å². The Labute approximate surface area is 204 Å². The summed E-state index contributed by atoms with van der Waals surface area (Å²) in [6.45, 7) is 7.93. The molecule has 1 aliphatic rings. The number of nitrogens with zero attached hydrogens (tertiary/aromatic N) is 7. The fourth-order valence-corrected chi connectivity index (χ4v) is 4.29. The summed E-state index contributed by atoms with van der Waals surface area (Å²) < 4.78 is 0. The van der Waals surface area contributed by atoms with Gasteiger partial charge >= 0.3 is 6.03 Å². The van der Waals surface area contributed by atoms with Crippen molar-refractivity contribution in [3.8, 4) is 0 Å². The largest absolute Gasteiger partial charge is 0.330 e. The highest BCUT2D eigenvalue weighted by atomic mass is 35.5. The number of aromatic nitrogens is 6. The second-order valence-electron chi connectivity index (χ2n) is 8.42. The molecule has 3 heterocycles. The predicted octanol–water partition coefficient (Wildman–Crippen LogP) is 4.83. The molecule has 0 aliphatic carbocycles. The van der Waals surface area contributed by atoms with Crippen LogP contribution in [0.15, 0.2) is 30.3 Å². The SMILES string of the molecule is CC/C=C1/c2[nH]c(Cl)nc2N(CCCC)C(=O)N1CCCn1nnc(Cc2ccccc2C)n1. The maximum Gasteiger partial charge on any atom is 0.330 e. The summed E-state index contributed by atoms with van der Waals surface area (Å²) >= 11 is 6.19. The number of allylic oxidation sites excluding steroid dienone is 1.